The number of benzene rings is 1. The predicted molar refractivity (Wildman–Crippen MR) is 74.4 cm³/mol. The van der Waals surface area contributed by atoms with Crippen LogP contribution in [0.3, 0.4) is 0 Å². The lowest BCUT2D eigenvalue weighted by Crippen LogP contribution is -2.25. The normalized spacial score (nSPS) is 10.1. The average molecular weight is 305 g/mol. The fourth-order valence-electron chi connectivity index (χ4n) is 1.58. The van der Waals surface area contributed by atoms with Crippen molar-refractivity contribution in [1.29, 1.82) is 0 Å². The molecule has 1 aromatic heterocycles. The number of nitrogens with zero attached hydrogens (tertiary/aromatic N) is 1. The van der Waals surface area contributed by atoms with E-state index in [0.29, 0.717) is 12.1 Å². The van der Waals surface area contributed by atoms with Crippen LogP contribution < -0.4 is 5.32 Å². The van der Waals surface area contributed by atoms with Crippen LogP contribution in [0.1, 0.15) is 15.9 Å². The van der Waals surface area contributed by atoms with Crippen molar-refractivity contribution in [2.75, 3.05) is 6.54 Å². The molecule has 92 valence electrons. The van der Waals surface area contributed by atoms with Crippen LogP contribution in [0.15, 0.2) is 53.3 Å². The summed E-state index contributed by atoms with van der Waals surface area (Å²) in [4.78, 5) is 15.8. The van der Waals surface area contributed by atoms with Gasteiger partial charge in [0.25, 0.3) is 5.91 Å². The van der Waals surface area contributed by atoms with Crippen LogP contribution in [0, 0.1) is 0 Å². The summed E-state index contributed by atoms with van der Waals surface area (Å²) in [5, 5.41) is 2.87. The Bertz CT molecular complexity index is 511. The molecule has 0 unspecified atom stereocenters. The molecule has 1 heterocycles. The van der Waals surface area contributed by atoms with Crippen LogP contribution in [-0.2, 0) is 6.42 Å². The Morgan fingerprint density at radius 1 is 1.17 bits per heavy atom. The first-order valence-electron chi connectivity index (χ1n) is 5.69. The molecule has 0 bridgehead atoms. The molecule has 0 spiro atoms. The molecule has 1 aromatic carbocycles. The number of halogens is 1. The topological polar surface area (TPSA) is 42.0 Å². The minimum Gasteiger partial charge on any atom is -0.352 e. The summed E-state index contributed by atoms with van der Waals surface area (Å²) >= 11 is 3.23. The van der Waals surface area contributed by atoms with Gasteiger partial charge in [-0.15, -0.1) is 0 Å². The number of carbonyl (C=O) groups excluding carboxylic acids is 1. The number of rotatable bonds is 4. The molecule has 1 amide bonds. The van der Waals surface area contributed by atoms with E-state index < -0.39 is 0 Å². The molecule has 18 heavy (non-hydrogen) atoms. The van der Waals surface area contributed by atoms with Crippen LogP contribution in [0.2, 0.25) is 0 Å². The van der Waals surface area contributed by atoms with Gasteiger partial charge in [-0.3, -0.25) is 4.79 Å². The third kappa shape index (κ3) is 3.67. The molecule has 2 aromatic rings. The highest BCUT2D eigenvalue weighted by molar-refractivity contribution is 9.10. The van der Waals surface area contributed by atoms with Gasteiger partial charge < -0.3 is 5.32 Å². The van der Waals surface area contributed by atoms with Crippen molar-refractivity contribution in [1.82, 2.24) is 10.3 Å². The van der Waals surface area contributed by atoms with E-state index in [1.54, 1.807) is 18.3 Å². The fourth-order valence-corrected chi connectivity index (χ4v) is 1.81. The van der Waals surface area contributed by atoms with Gasteiger partial charge in [-0.05, 0) is 40.0 Å². The van der Waals surface area contributed by atoms with E-state index in [9.17, 15) is 4.79 Å². The number of hydrogen-bond acceptors (Lipinski definition) is 2. The fraction of sp³-hybridized carbons (Fsp3) is 0.143. The maximum Gasteiger partial charge on any atom is 0.252 e. The highest BCUT2D eigenvalue weighted by Gasteiger charge is 2.04. The highest BCUT2D eigenvalue weighted by atomic mass is 79.9. The second kappa shape index (κ2) is 6.31. The van der Waals surface area contributed by atoms with Crippen LogP contribution in [0.25, 0.3) is 0 Å². The second-order valence-corrected chi connectivity index (χ2v) is 4.67. The lowest BCUT2D eigenvalue weighted by Gasteiger charge is -2.05. The largest absolute Gasteiger partial charge is 0.352 e. The first-order chi connectivity index (χ1) is 8.75. The van der Waals surface area contributed by atoms with Crippen LogP contribution in [0.4, 0.5) is 0 Å². The minimum atomic E-state index is -0.0917. The molecule has 0 saturated carbocycles. The number of carbonyl (C=O) groups is 1. The summed E-state index contributed by atoms with van der Waals surface area (Å²) in [6.07, 6.45) is 2.39. The molecule has 3 nitrogen and oxygen atoms in total. The molecule has 2 rings (SSSR count). The predicted octanol–water partition coefficient (Wildman–Crippen LogP) is 2.82. The Morgan fingerprint density at radius 2 is 1.94 bits per heavy atom. The summed E-state index contributed by atoms with van der Waals surface area (Å²) < 4.78 is 0.725. The van der Waals surface area contributed by atoms with E-state index in [2.05, 4.69) is 26.2 Å². The van der Waals surface area contributed by atoms with E-state index in [-0.39, 0.29) is 5.91 Å². The van der Waals surface area contributed by atoms with Gasteiger partial charge in [-0.1, -0.05) is 30.3 Å². The number of hydrogen-bond donors (Lipinski definition) is 1. The molecule has 0 fully saturated rings. The van der Waals surface area contributed by atoms with Crippen molar-refractivity contribution < 1.29 is 4.79 Å². The Hall–Kier alpha value is -1.68. The lowest BCUT2D eigenvalue weighted by molar-refractivity contribution is 0.0954. The smallest absolute Gasteiger partial charge is 0.252 e. The number of amides is 1. The Balaban J connectivity index is 1.84. The van der Waals surface area contributed by atoms with Crippen LogP contribution in [0.5, 0.6) is 0 Å². The van der Waals surface area contributed by atoms with Gasteiger partial charge in [0.2, 0.25) is 0 Å². The van der Waals surface area contributed by atoms with Gasteiger partial charge in [0.05, 0.1) is 5.56 Å². The van der Waals surface area contributed by atoms with Crippen molar-refractivity contribution in [3.63, 3.8) is 0 Å². The first-order valence-corrected chi connectivity index (χ1v) is 6.49. The van der Waals surface area contributed by atoms with E-state index in [0.717, 1.165) is 11.0 Å². The van der Waals surface area contributed by atoms with Crippen molar-refractivity contribution in [3.05, 3.63) is 64.4 Å². The summed E-state index contributed by atoms with van der Waals surface area (Å²) in [6, 6.07) is 13.6. The van der Waals surface area contributed by atoms with Gasteiger partial charge in [-0.25, -0.2) is 4.98 Å². The third-order valence-electron chi connectivity index (χ3n) is 2.53. The highest BCUT2D eigenvalue weighted by Crippen LogP contribution is 2.06. The zero-order valence-electron chi connectivity index (χ0n) is 9.77. The van der Waals surface area contributed by atoms with E-state index in [4.69, 9.17) is 0 Å². The molecule has 0 aliphatic heterocycles. The number of pyridine rings is 1. The molecular formula is C14H13BrN2O. The molecule has 0 radical (unpaired) electrons. The SMILES string of the molecule is O=C(NCCc1ccccc1)c1ccc(Br)nc1. The molecule has 0 aliphatic rings. The van der Waals surface area contributed by atoms with Crippen molar-refractivity contribution >= 4 is 21.8 Å². The molecule has 0 saturated heterocycles. The van der Waals surface area contributed by atoms with Gasteiger partial charge >= 0.3 is 0 Å². The van der Waals surface area contributed by atoms with Crippen molar-refractivity contribution in [2.45, 2.75) is 6.42 Å². The maximum absolute atomic E-state index is 11.8. The van der Waals surface area contributed by atoms with Crippen molar-refractivity contribution in [3.8, 4) is 0 Å². The molecule has 4 heteroatoms. The van der Waals surface area contributed by atoms with Gasteiger partial charge in [0.1, 0.15) is 4.60 Å². The van der Waals surface area contributed by atoms with Gasteiger partial charge in [-0.2, -0.15) is 0 Å². The Morgan fingerprint density at radius 3 is 2.61 bits per heavy atom. The summed E-state index contributed by atoms with van der Waals surface area (Å²) in [5.74, 6) is -0.0917. The van der Waals surface area contributed by atoms with Crippen LogP contribution >= 0.6 is 15.9 Å². The maximum atomic E-state index is 11.8. The zero-order valence-corrected chi connectivity index (χ0v) is 11.4. The Labute approximate surface area is 114 Å². The van der Waals surface area contributed by atoms with Gasteiger partial charge in [0, 0.05) is 12.7 Å². The van der Waals surface area contributed by atoms with Gasteiger partial charge in [0.15, 0.2) is 0 Å². The molecular weight excluding hydrogens is 292 g/mol. The monoisotopic (exact) mass is 304 g/mol. The molecule has 0 aliphatic carbocycles. The third-order valence-corrected chi connectivity index (χ3v) is 3.00. The van der Waals surface area contributed by atoms with E-state index in [1.165, 1.54) is 5.56 Å². The molecule has 0 atom stereocenters. The zero-order chi connectivity index (χ0) is 12.8. The first kappa shape index (κ1) is 12.8. The summed E-state index contributed by atoms with van der Waals surface area (Å²) in [5.41, 5.74) is 1.79. The number of aromatic nitrogens is 1. The second-order valence-electron chi connectivity index (χ2n) is 3.86. The standard InChI is InChI=1S/C14H13BrN2O/c15-13-7-6-12(10-17-13)14(18)16-9-8-11-4-2-1-3-5-11/h1-7,10H,8-9H2,(H,16,18). The number of nitrogens with one attached hydrogen (secondary N) is 1. The lowest BCUT2D eigenvalue weighted by atomic mass is 10.1. The van der Waals surface area contributed by atoms with E-state index in [1.807, 2.05) is 30.3 Å². The molecule has 1 N–H and O–H groups in total. The van der Waals surface area contributed by atoms with Crippen molar-refractivity contribution in [2.24, 2.45) is 0 Å². The van der Waals surface area contributed by atoms with Crippen LogP contribution in [-0.4, -0.2) is 17.4 Å². The van der Waals surface area contributed by atoms with E-state index >= 15 is 0 Å². The quantitative estimate of drug-likeness (QED) is 0.883. The Kier molecular flexibility index (Phi) is 4.47. The minimum absolute atomic E-state index is 0.0917. The average Bonchev–Trinajstić information content (AvgIpc) is 2.40. The summed E-state index contributed by atoms with van der Waals surface area (Å²) in [6.45, 7) is 0.624. The summed E-state index contributed by atoms with van der Waals surface area (Å²) in [7, 11) is 0.